The summed E-state index contributed by atoms with van der Waals surface area (Å²) in [6, 6.07) is 2.23. The first-order chi connectivity index (χ1) is 8.95. The molecule has 0 bridgehead atoms. The molecule has 1 aromatic heterocycles. The van der Waals surface area contributed by atoms with Crippen LogP contribution in [0.3, 0.4) is 0 Å². The van der Waals surface area contributed by atoms with E-state index in [4.69, 9.17) is 5.73 Å². The van der Waals surface area contributed by atoms with Crippen molar-refractivity contribution >= 4 is 0 Å². The van der Waals surface area contributed by atoms with E-state index in [9.17, 15) is 0 Å². The Bertz CT molecular complexity index is 585. The zero-order valence-electron chi connectivity index (χ0n) is 12.4. The van der Waals surface area contributed by atoms with Crippen LogP contribution in [0.5, 0.6) is 0 Å². The van der Waals surface area contributed by atoms with Gasteiger partial charge in [0.25, 0.3) is 0 Å². The summed E-state index contributed by atoms with van der Waals surface area (Å²) in [6.45, 7) is 9.15. The zero-order valence-corrected chi connectivity index (χ0v) is 12.4. The summed E-state index contributed by atoms with van der Waals surface area (Å²) in [5.74, 6) is 1.75. The molecule has 0 aliphatic carbocycles. The van der Waals surface area contributed by atoms with Gasteiger partial charge in [-0.1, -0.05) is 6.07 Å². The van der Waals surface area contributed by atoms with Gasteiger partial charge in [0.15, 0.2) is 11.6 Å². The van der Waals surface area contributed by atoms with Crippen molar-refractivity contribution < 1.29 is 0 Å². The predicted octanol–water partition coefficient (Wildman–Crippen LogP) is 2.22. The summed E-state index contributed by atoms with van der Waals surface area (Å²) in [7, 11) is 1.94. The molecule has 1 aromatic carbocycles. The minimum atomic E-state index is 0.578. The van der Waals surface area contributed by atoms with E-state index >= 15 is 0 Å². The van der Waals surface area contributed by atoms with Gasteiger partial charge >= 0.3 is 0 Å². The molecule has 102 valence electrons. The Hall–Kier alpha value is -1.68. The minimum absolute atomic E-state index is 0.578. The van der Waals surface area contributed by atoms with Crippen LogP contribution in [0.1, 0.15) is 28.1 Å². The van der Waals surface area contributed by atoms with E-state index in [1.165, 1.54) is 27.8 Å². The smallest absolute Gasteiger partial charge is 0.158 e. The van der Waals surface area contributed by atoms with Crippen LogP contribution in [-0.4, -0.2) is 21.3 Å². The Kier molecular flexibility index (Phi) is 3.71. The van der Waals surface area contributed by atoms with Gasteiger partial charge in [0.05, 0.1) is 0 Å². The van der Waals surface area contributed by atoms with Crippen LogP contribution in [-0.2, 0) is 13.5 Å². The lowest BCUT2D eigenvalue weighted by Crippen LogP contribution is -2.04. The number of rotatable bonds is 3. The van der Waals surface area contributed by atoms with Crippen LogP contribution in [0.2, 0.25) is 0 Å². The van der Waals surface area contributed by atoms with Gasteiger partial charge in [-0.15, -0.1) is 0 Å². The van der Waals surface area contributed by atoms with Gasteiger partial charge in [0, 0.05) is 19.0 Å². The topological polar surface area (TPSA) is 56.7 Å². The standard InChI is InChI=1S/C15H22N4/c1-9-8-10(2)12(4)14(11(9)3)15-17-13(6-7-16)18-19(15)5/h8H,6-7,16H2,1-5H3. The van der Waals surface area contributed by atoms with E-state index in [1.807, 2.05) is 11.7 Å². The Morgan fingerprint density at radius 3 is 2.21 bits per heavy atom. The highest BCUT2D eigenvalue weighted by atomic mass is 15.3. The van der Waals surface area contributed by atoms with Crippen LogP contribution in [0, 0.1) is 27.7 Å². The van der Waals surface area contributed by atoms with Crippen molar-refractivity contribution in [2.45, 2.75) is 34.1 Å². The number of aryl methyl sites for hydroxylation is 3. The maximum absolute atomic E-state index is 5.58. The molecule has 4 nitrogen and oxygen atoms in total. The van der Waals surface area contributed by atoms with Gasteiger partial charge in [-0.05, 0) is 56.5 Å². The van der Waals surface area contributed by atoms with Crippen LogP contribution in [0.25, 0.3) is 11.4 Å². The fourth-order valence-corrected chi connectivity index (χ4v) is 2.44. The third-order valence-electron chi connectivity index (χ3n) is 3.76. The molecule has 19 heavy (non-hydrogen) atoms. The molecule has 0 aliphatic rings. The molecule has 1 heterocycles. The average Bonchev–Trinajstić information content (AvgIpc) is 2.69. The molecule has 2 aromatic rings. The first-order valence-electron chi connectivity index (χ1n) is 6.63. The Morgan fingerprint density at radius 1 is 1.11 bits per heavy atom. The Labute approximate surface area is 114 Å². The maximum atomic E-state index is 5.58. The molecule has 0 unspecified atom stereocenters. The highest BCUT2D eigenvalue weighted by molar-refractivity contribution is 5.68. The second-order valence-electron chi connectivity index (χ2n) is 5.15. The number of aromatic nitrogens is 3. The summed E-state index contributed by atoms with van der Waals surface area (Å²) >= 11 is 0. The van der Waals surface area contributed by atoms with E-state index < -0.39 is 0 Å². The lowest BCUT2D eigenvalue weighted by Gasteiger charge is -2.14. The molecule has 0 aliphatic heterocycles. The second-order valence-corrected chi connectivity index (χ2v) is 5.15. The average molecular weight is 258 g/mol. The molecule has 0 spiro atoms. The minimum Gasteiger partial charge on any atom is -0.330 e. The molecular weight excluding hydrogens is 236 g/mol. The number of benzene rings is 1. The number of nitrogens with zero attached hydrogens (tertiary/aromatic N) is 3. The van der Waals surface area contributed by atoms with Crippen molar-refractivity contribution in [3.8, 4) is 11.4 Å². The monoisotopic (exact) mass is 258 g/mol. The Morgan fingerprint density at radius 2 is 1.68 bits per heavy atom. The van der Waals surface area contributed by atoms with Crippen molar-refractivity contribution in [3.05, 3.63) is 34.1 Å². The van der Waals surface area contributed by atoms with Crippen LogP contribution in [0.4, 0.5) is 0 Å². The second kappa shape index (κ2) is 5.13. The quantitative estimate of drug-likeness (QED) is 0.918. The zero-order chi connectivity index (χ0) is 14.2. The number of hydrogen-bond acceptors (Lipinski definition) is 3. The van der Waals surface area contributed by atoms with Crippen molar-refractivity contribution in [3.63, 3.8) is 0 Å². The largest absolute Gasteiger partial charge is 0.330 e. The fraction of sp³-hybridized carbons (Fsp3) is 0.467. The van der Waals surface area contributed by atoms with Gasteiger partial charge in [-0.2, -0.15) is 5.10 Å². The summed E-state index contributed by atoms with van der Waals surface area (Å²) in [6.07, 6.45) is 0.719. The van der Waals surface area contributed by atoms with Crippen molar-refractivity contribution in [1.82, 2.24) is 14.8 Å². The SMILES string of the molecule is Cc1cc(C)c(C)c(-c2nc(CCN)nn2C)c1C. The molecule has 2 N–H and O–H groups in total. The molecule has 4 heteroatoms. The predicted molar refractivity (Wildman–Crippen MR) is 78.1 cm³/mol. The lowest BCUT2D eigenvalue weighted by molar-refractivity contribution is 0.744. The van der Waals surface area contributed by atoms with E-state index in [1.54, 1.807) is 0 Å². The van der Waals surface area contributed by atoms with Gasteiger partial charge in [0.2, 0.25) is 0 Å². The molecule has 0 amide bonds. The molecular formula is C15H22N4. The van der Waals surface area contributed by atoms with Crippen LogP contribution >= 0.6 is 0 Å². The summed E-state index contributed by atoms with van der Waals surface area (Å²) in [4.78, 5) is 4.65. The van der Waals surface area contributed by atoms with Crippen LogP contribution < -0.4 is 5.73 Å². The third kappa shape index (κ3) is 2.40. The molecule has 0 radical (unpaired) electrons. The van der Waals surface area contributed by atoms with Gasteiger partial charge in [-0.3, -0.25) is 0 Å². The summed E-state index contributed by atoms with van der Waals surface area (Å²) < 4.78 is 1.86. The molecule has 0 saturated carbocycles. The van der Waals surface area contributed by atoms with Crippen LogP contribution in [0.15, 0.2) is 6.07 Å². The van der Waals surface area contributed by atoms with Gasteiger partial charge in [0.1, 0.15) is 0 Å². The van der Waals surface area contributed by atoms with E-state index in [0.29, 0.717) is 6.54 Å². The maximum Gasteiger partial charge on any atom is 0.158 e. The highest BCUT2D eigenvalue weighted by Gasteiger charge is 2.16. The third-order valence-corrected chi connectivity index (χ3v) is 3.76. The van der Waals surface area contributed by atoms with E-state index in [0.717, 1.165) is 18.1 Å². The highest BCUT2D eigenvalue weighted by Crippen LogP contribution is 2.30. The number of nitrogens with two attached hydrogens (primary N) is 1. The first kappa shape index (κ1) is 13.7. The normalized spacial score (nSPS) is 11.1. The summed E-state index contributed by atoms with van der Waals surface area (Å²) in [5.41, 5.74) is 11.9. The van der Waals surface area contributed by atoms with Crippen molar-refractivity contribution in [2.24, 2.45) is 12.8 Å². The Balaban J connectivity index is 2.65. The number of hydrogen-bond donors (Lipinski definition) is 1. The molecule has 0 atom stereocenters. The lowest BCUT2D eigenvalue weighted by atomic mass is 9.94. The first-order valence-corrected chi connectivity index (χ1v) is 6.63. The molecule has 0 saturated heterocycles. The molecule has 0 fully saturated rings. The van der Waals surface area contributed by atoms with Gasteiger partial charge < -0.3 is 5.73 Å². The van der Waals surface area contributed by atoms with Crippen molar-refractivity contribution in [1.29, 1.82) is 0 Å². The van der Waals surface area contributed by atoms with E-state index in [-0.39, 0.29) is 0 Å². The fourth-order valence-electron chi connectivity index (χ4n) is 2.44. The molecule has 2 rings (SSSR count). The van der Waals surface area contributed by atoms with E-state index in [2.05, 4.69) is 43.8 Å². The summed E-state index contributed by atoms with van der Waals surface area (Å²) in [5, 5.41) is 4.44. The van der Waals surface area contributed by atoms with Gasteiger partial charge in [-0.25, -0.2) is 9.67 Å². The van der Waals surface area contributed by atoms with Crippen molar-refractivity contribution in [2.75, 3.05) is 6.54 Å².